The van der Waals surface area contributed by atoms with Crippen molar-refractivity contribution in [2.24, 2.45) is 17.3 Å². The summed E-state index contributed by atoms with van der Waals surface area (Å²) in [6.45, 7) is 3.65. The van der Waals surface area contributed by atoms with Crippen LogP contribution in [0.4, 0.5) is 0 Å². The quantitative estimate of drug-likeness (QED) is 0.675. The first-order valence-electron chi connectivity index (χ1n) is 4.45. The molecular formula is C9H14O3. The fourth-order valence-corrected chi connectivity index (χ4v) is 2.26. The van der Waals surface area contributed by atoms with Gasteiger partial charge in [-0.3, -0.25) is 4.79 Å². The van der Waals surface area contributed by atoms with E-state index < -0.39 is 5.97 Å². The molecule has 0 aromatic rings. The summed E-state index contributed by atoms with van der Waals surface area (Å²) in [6, 6.07) is 0. The molecule has 3 atom stereocenters. The van der Waals surface area contributed by atoms with Crippen molar-refractivity contribution in [1.29, 1.82) is 0 Å². The number of carboxylic acids is 1. The Labute approximate surface area is 71.7 Å². The normalized spacial score (nSPS) is 46.1. The van der Waals surface area contributed by atoms with Gasteiger partial charge in [-0.2, -0.15) is 0 Å². The van der Waals surface area contributed by atoms with E-state index in [9.17, 15) is 4.79 Å². The van der Waals surface area contributed by atoms with Crippen LogP contribution in [0.2, 0.25) is 0 Å². The van der Waals surface area contributed by atoms with Gasteiger partial charge in [0, 0.05) is 6.61 Å². The fourth-order valence-electron chi connectivity index (χ4n) is 2.26. The van der Waals surface area contributed by atoms with E-state index in [1.165, 1.54) is 0 Å². The minimum absolute atomic E-state index is 0.0440. The van der Waals surface area contributed by atoms with Gasteiger partial charge in [-0.25, -0.2) is 0 Å². The Balaban J connectivity index is 2.00. The number of carbonyl (C=O) groups is 1. The van der Waals surface area contributed by atoms with Crippen LogP contribution in [0.1, 0.15) is 19.8 Å². The van der Waals surface area contributed by atoms with E-state index in [-0.39, 0.29) is 11.3 Å². The average Bonchev–Trinajstić information content (AvgIpc) is 2.52. The molecule has 0 aromatic heterocycles. The van der Waals surface area contributed by atoms with Gasteiger partial charge >= 0.3 is 5.97 Å². The monoisotopic (exact) mass is 170 g/mol. The molecule has 2 fully saturated rings. The predicted molar refractivity (Wildman–Crippen MR) is 42.8 cm³/mol. The summed E-state index contributed by atoms with van der Waals surface area (Å²) in [5.74, 6) is -0.257. The van der Waals surface area contributed by atoms with Crippen LogP contribution in [-0.2, 0) is 9.53 Å². The zero-order chi connectivity index (χ0) is 8.77. The maximum atomic E-state index is 10.7. The molecule has 1 unspecified atom stereocenters. The SMILES string of the molecule is C[C@]1(C2CCOC2)C[C@@H]1C(=O)O. The van der Waals surface area contributed by atoms with E-state index >= 15 is 0 Å². The second kappa shape index (κ2) is 2.46. The first-order chi connectivity index (χ1) is 5.64. The second-order valence-electron chi connectivity index (χ2n) is 4.16. The highest BCUT2D eigenvalue weighted by Gasteiger charge is 2.59. The van der Waals surface area contributed by atoms with Crippen molar-refractivity contribution in [3.8, 4) is 0 Å². The van der Waals surface area contributed by atoms with Crippen LogP contribution in [0.25, 0.3) is 0 Å². The Morgan fingerprint density at radius 2 is 2.42 bits per heavy atom. The van der Waals surface area contributed by atoms with Crippen molar-refractivity contribution in [3.05, 3.63) is 0 Å². The Kier molecular flexibility index (Phi) is 1.65. The number of rotatable bonds is 2. The maximum Gasteiger partial charge on any atom is 0.307 e. The van der Waals surface area contributed by atoms with Crippen LogP contribution in [0.15, 0.2) is 0 Å². The molecule has 0 bridgehead atoms. The van der Waals surface area contributed by atoms with E-state index in [4.69, 9.17) is 9.84 Å². The first-order valence-corrected chi connectivity index (χ1v) is 4.45. The molecule has 1 saturated carbocycles. The summed E-state index contributed by atoms with van der Waals surface area (Å²) in [7, 11) is 0. The predicted octanol–water partition coefficient (Wildman–Crippen LogP) is 1.13. The largest absolute Gasteiger partial charge is 0.481 e. The van der Waals surface area contributed by atoms with Crippen molar-refractivity contribution in [2.45, 2.75) is 19.8 Å². The summed E-state index contributed by atoms with van der Waals surface area (Å²) >= 11 is 0. The summed E-state index contributed by atoms with van der Waals surface area (Å²) < 4.78 is 5.26. The van der Waals surface area contributed by atoms with Crippen molar-refractivity contribution >= 4 is 5.97 Å². The van der Waals surface area contributed by atoms with Crippen molar-refractivity contribution in [3.63, 3.8) is 0 Å². The van der Waals surface area contributed by atoms with Crippen LogP contribution >= 0.6 is 0 Å². The third-order valence-electron chi connectivity index (χ3n) is 3.44. The summed E-state index contributed by atoms with van der Waals surface area (Å²) in [5, 5.41) is 8.81. The van der Waals surface area contributed by atoms with Gasteiger partial charge < -0.3 is 9.84 Å². The van der Waals surface area contributed by atoms with E-state index in [0.717, 1.165) is 26.1 Å². The summed E-state index contributed by atoms with van der Waals surface area (Å²) in [6.07, 6.45) is 1.89. The van der Waals surface area contributed by atoms with Crippen LogP contribution in [0.3, 0.4) is 0 Å². The molecule has 2 aliphatic rings. The highest BCUT2D eigenvalue weighted by Crippen LogP contribution is 2.59. The molecule has 0 amide bonds. The standard InChI is InChI=1S/C9H14O3/c1-9(4-7(9)8(10)11)6-2-3-12-5-6/h6-7H,2-5H2,1H3,(H,10,11)/t6?,7-,9-/m1/s1. The summed E-state index contributed by atoms with van der Waals surface area (Å²) in [4.78, 5) is 10.7. The molecule has 68 valence electrons. The van der Waals surface area contributed by atoms with E-state index in [2.05, 4.69) is 6.92 Å². The van der Waals surface area contributed by atoms with Crippen LogP contribution < -0.4 is 0 Å². The molecule has 2 rings (SSSR count). The first kappa shape index (κ1) is 8.05. The lowest BCUT2D eigenvalue weighted by Gasteiger charge is -2.16. The van der Waals surface area contributed by atoms with E-state index in [1.54, 1.807) is 0 Å². The molecule has 3 heteroatoms. The molecular weight excluding hydrogens is 156 g/mol. The molecule has 12 heavy (non-hydrogen) atoms. The van der Waals surface area contributed by atoms with Crippen LogP contribution in [0, 0.1) is 17.3 Å². The molecule has 0 radical (unpaired) electrons. The Hall–Kier alpha value is -0.570. The number of aliphatic carboxylic acids is 1. The number of carboxylic acid groups (broad SMARTS) is 1. The number of ether oxygens (including phenoxy) is 1. The molecule has 1 N–H and O–H groups in total. The zero-order valence-corrected chi connectivity index (χ0v) is 7.25. The third-order valence-corrected chi connectivity index (χ3v) is 3.44. The molecule has 0 aromatic carbocycles. The van der Waals surface area contributed by atoms with Gasteiger partial charge in [0.25, 0.3) is 0 Å². The lowest BCUT2D eigenvalue weighted by atomic mass is 9.88. The molecule has 1 heterocycles. The molecule has 1 aliphatic carbocycles. The smallest absolute Gasteiger partial charge is 0.307 e. The van der Waals surface area contributed by atoms with Gasteiger partial charge in [-0.05, 0) is 24.2 Å². The van der Waals surface area contributed by atoms with Crippen LogP contribution in [-0.4, -0.2) is 24.3 Å². The Morgan fingerprint density at radius 3 is 2.83 bits per heavy atom. The average molecular weight is 170 g/mol. The van der Waals surface area contributed by atoms with Crippen molar-refractivity contribution in [1.82, 2.24) is 0 Å². The fraction of sp³-hybridized carbons (Fsp3) is 0.889. The van der Waals surface area contributed by atoms with Gasteiger partial charge in [0.05, 0.1) is 12.5 Å². The number of hydrogen-bond acceptors (Lipinski definition) is 2. The van der Waals surface area contributed by atoms with Crippen molar-refractivity contribution < 1.29 is 14.6 Å². The Morgan fingerprint density at radius 1 is 1.67 bits per heavy atom. The van der Waals surface area contributed by atoms with Gasteiger partial charge in [-0.15, -0.1) is 0 Å². The summed E-state index contributed by atoms with van der Waals surface area (Å²) in [5.41, 5.74) is 0.0440. The Bertz CT molecular complexity index is 208. The third kappa shape index (κ3) is 1.04. The minimum Gasteiger partial charge on any atom is -0.481 e. The van der Waals surface area contributed by atoms with Crippen LogP contribution in [0.5, 0.6) is 0 Å². The highest BCUT2D eigenvalue weighted by molar-refractivity contribution is 5.74. The molecule has 3 nitrogen and oxygen atoms in total. The molecule has 0 spiro atoms. The highest BCUT2D eigenvalue weighted by atomic mass is 16.5. The second-order valence-corrected chi connectivity index (χ2v) is 4.16. The lowest BCUT2D eigenvalue weighted by molar-refractivity contribution is -0.139. The van der Waals surface area contributed by atoms with E-state index in [1.807, 2.05) is 0 Å². The van der Waals surface area contributed by atoms with Gasteiger partial charge in [0.1, 0.15) is 0 Å². The molecule has 1 aliphatic heterocycles. The van der Waals surface area contributed by atoms with Crippen molar-refractivity contribution in [2.75, 3.05) is 13.2 Å². The van der Waals surface area contributed by atoms with E-state index in [0.29, 0.717) is 5.92 Å². The number of hydrogen-bond donors (Lipinski definition) is 1. The minimum atomic E-state index is -0.635. The topological polar surface area (TPSA) is 46.5 Å². The lowest BCUT2D eigenvalue weighted by Crippen LogP contribution is -2.18. The van der Waals surface area contributed by atoms with Gasteiger partial charge in [0.2, 0.25) is 0 Å². The maximum absolute atomic E-state index is 10.7. The zero-order valence-electron chi connectivity index (χ0n) is 7.25. The molecule has 1 saturated heterocycles. The van der Waals surface area contributed by atoms with Gasteiger partial charge in [-0.1, -0.05) is 6.92 Å². The van der Waals surface area contributed by atoms with Gasteiger partial charge in [0.15, 0.2) is 0 Å².